The van der Waals surface area contributed by atoms with Crippen LogP contribution in [-0.2, 0) is 0 Å². The molecule has 5 heteroatoms. The number of nitrogens with zero attached hydrogens (tertiary/aromatic N) is 1. The van der Waals surface area contributed by atoms with Crippen LogP contribution in [0.3, 0.4) is 0 Å². The first-order valence-electron chi connectivity index (χ1n) is 9.40. The number of hydrogen-bond acceptors (Lipinski definition) is 4. The maximum absolute atomic E-state index is 13.0. The molecule has 1 saturated heterocycles. The molecule has 1 amide bonds. The van der Waals surface area contributed by atoms with Gasteiger partial charge < -0.3 is 19.5 Å². The molecule has 2 bridgehead atoms. The lowest BCUT2D eigenvalue weighted by Crippen LogP contribution is -2.47. The third-order valence-corrected chi connectivity index (χ3v) is 5.87. The molecule has 0 spiro atoms. The first-order valence-corrected chi connectivity index (χ1v) is 9.40. The van der Waals surface area contributed by atoms with Gasteiger partial charge in [-0.2, -0.15) is 0 Å². The van der Waals surface area contributed by atoms with Crippen LogP contribution in [0.25, 0.3) is 11.1 Å². The van der Waals surface area contributed by atoms with Crippen molar-refractivity contribution in [2.45, 2.75) is 18.9 Å². The van der Waals surface area contributed by atoms with Crippen molar-refractivity contribution in [3.8, 4) is 22.6 Å². The lowest BCUT2D eigenvalue weighted by atomic mass is 9.94. The summed E-state index contributed by atoms with van der Waals surface area (Å²) in [6, 6.07) is 13.4. The minimum Gasteiger partial charge on any atom is -0.497 e. The second kappa shape index (κ2) is 7.24. The Balaban J connectivity index is 1.60. The average Bonchev–Trinajstić information content (AvgIpc) is 2.93. The van der Waals surface area contributed by atoms with E-state index in [9.17, 15) is 9.90 Å². The fourth-order valence-electron chi connectivity index (χ4n) is 4.35. The predicted octanol–water partition coefficient (Wildman–Crippen LogP) is 3.21. The molecule has 0 aromatic heterocycles. The number of aliphatic hydroxyl groups excluding tert-OH is 1. The molecule has 5 nitrogen and oxygen atoms in total. The number of methoxy groups -OCH3 is 2. The summed E-state index contributed by atoms with van der Waals surface area (Å²) in [6.45, 7) is 1.29. The van der Waals surface area contributed by atoms with E-state index in [1.54, 1.807) is 14.2 Å². The molecule has 1 heterocycles. The van der Waals surface area contributed by atoms with Gasteiger partial charge in [0.05, 0.1) is 20.3 Å². The predicted molar refractivity (Wildman–Crippen MR) is 103 cm³/mol. The summed E-state index contributed by atoms with van der Waals surface area (Å²) in [5.74, 6) is 1.90. The van der Waals surface area contributed by atoms with Crippen molar-refractivity contribution in [1.29, 1.82) is 0 Å². The summed E-state index contributed by atoms with van der Waals surface area (Å²) in [7, 11) is 3.25. The van der Waals surface area contributed by atoms with E-state index in [0.717, 1.165) is 24.0 Å². The van der Waals surface area contributed by atoms with Crippen molar-refractivity contribution in [3.63, 3.8) is 0 Å². The van der Waals surface area contributed by atoms with Crippen molar-refractivity contribution >= 4 is 5.91 Å². The van der Waals surface area contributed by atoms with Gasteiger partial charge in [-0.05, 0) is 48.2 Å². The van der Waals surface area contributed by atoms with Gasteiger partial charge in [0, 0.05) is 36.6 Å². The molecule has 142 valence electrons. The number of ether oxygens (including phenoxy) is 2. The van der Waals surface area contributed by atoms with E-state index in [1.165, 1.54) is 0 Å². The molecule has 0 radical (unpaired) electrons. The van der Waals surface area contributed by atoms with Crippen LogP contribution in [0.5, 0.6) is 11.5 Å². The topological polar surface area (TPSA) is 59.0 Å². The molecule has 2 aromatic rings. The molecule has 4 rings (SSSR count). The Morgan fingerprint density at radius 3 is 2.19 bits per heavy atom. The van der Waals surface area contributed by atoms with Crippen LogP contribution in [-0.4, -0.2) is 49.3 Å². The number of benzene rings is 2. The van der Waals surface area contributed by atoms with E-state index in [1.807, 2.05) is 47.4 Å². The summed E-state index contributed by atoms with van der Waals surface area (Å²) >= 11 is 0. The van der Waals surface area contributed by atoms with Crippen molar-refractivity contribution in [1.82, 2.24) is 4.90 Å². The highest BCUT2D eigenvalue weighted by Gasteiger charge is 2.42. The molecular weight excluding hydrogens is 342 g/mol. The van der Waals surface area contributed by atoms with Gasteiger partial charge in [0.15, 0.2) is 0 Å². The van der Waals surface area contributed by atoms with Gasteiger partial charge in [-0.15, -0.1) is 0 Å². The SMILES string of the molecule is COc1cc(OC)cc(-c2cccc(C(=O)N3CC4CCC(C3)C4O)c2)c1. The molecule has 2 fully saturated rings. The number of rotatable bonds is 4. The number of fused-ring (bicyclic) bond motifs is 2. The maximum atomic E-state index is 13.0. The Morgan fingerprint density at radius 1 is 0.963 bits per heavy atom. The Morgan fingerprint density at radius 2 is 1.59 bits per heavy atom. The molecule has 2 unspecified atom stereocenters. The molecule has 1 saturated carbocycles. The summed E-state index contributed by atoms with van der Waals surface area (Å²) in [5.41, 5.74) is 2.55. The quantitative estimate of drug-likeness (QED) is 0.901. The number of likely N-dealkylation sites (tertiary alicyclic amines) is 1. The Labute approximate surface area is 159 Å². The van der Waals surface area contributed by atoms with E-state index in [4.69, 9.17) is 9.47 Å². The third kappa shape index (κ3) is 3.39. The number of piperidine rings is 1. The average molecular weight is 367 g/mol. The van der Waals surface area contributed by atoms with Crippen molar-refractivity contribution in [2.24, 2.45) is 11.8 Å². The molecule has 2 aromatic carbocycles. The van der Waals surface area contributed by atoms with E-state index < -0.39 is 0 Å². The van der Waals surface area contributed by atoms with Crippen LogP contribution in [0.4, 0.5) is 0 Å². The first-order chi connectivity index (χ1) is 13.1. The highest BCUT2D eigenvalue weighted by Crippen LogP contribution is 2.37. The standard InChI is InChI=1S/C22H25NO4/c1-26-19-9-18(10-20(11-19)27-2)14-4-3-5-15(8-14)22(25)23-12-16-6-7-17(13-23)21(16)24/h3-5,8-11,16-17,21,24H,6-7,12-13H2,1-2H3. The zero-order chi connectivity index (χ0) is 19.0. The fourth-order valence-corrected chi connectivity index (χ4v) is 4.35. The van der Waals surface area contributed by atoms with Crippen LogP contribution in [0.1, 0.15) is 23.2 Å². The zero-order valence-corrected chi connectivity index (χ0v) is 15.7. The van der Waals surface area contributed by atoms with Crippen molar-refractivity contribution in [2.75, 3.05) is 27.3 Å². The Bertz CT molecular complexity index is 814. The van der Waals surface area contributed by atoms with Gasteiger partial charge in [0.2, 0.25) is 0 Å². The maximum Gasteiger partial charge on any atom is 0.253 e. The minimum atomic E-state index is -0.246. The molecule has 2 atom stereocenters. The second-order valence-corrected chi connectivity index (χ2v) is 7.48. The largest absolute Gasteiger partial charge is 0.497 e. The summed E-state index contributed by atoms with van der Waals surface area (Å²) in [4.78, 5) is 15.0. The van der Waals surface area contributed by atoms with Gasteiger partial charge in [0.25, 0.3) is 5.91 Å². The van der Waals surface area contributed by atoms with Crippen molar-refractivity contribution < 1.29 is 19.4 Å². The highest BCUT2D eigenvalue weighted by atomic mass is 16.5. The van der Waals surface area contributed by atoms with Gasteiger partial charge in [0.1, 0.15) is 11.5 Å². The number of carbonyl (C=O) groups excluding carboxylic acids is 1. The first kappa shape index (κ1) is 17.9. The molecule has 1 N–H and O–H groups in total. The van der Waals surface area contributed by atoms with E-state index in [2.05, 4.69) is 0 Å². The molecule has 2 aliphatic rings. The van der Waals surface area contributed by atoms with E-state index >= 15 is 0 Å². The van der Waals surface area contributed by atoms with Crippen LogP contribution >= 0.6 is 0 Å². The second-order valence-electron chi connectivity index (χ2n) is 7.48. The normalized spacial score (nSPS) is 24.0. The number of amides is 1. The molecular formula is C22H25NO4. The van der Waals surface area contributed by atoms with Crippen LogP contribution < -0.4 is 9.47 Å². The lowest BCUT2D eigenvalue weighted by molar-refractivity contribution is 0.0166. The zero-order valence-electron chi connectivity index (χ0n) is 15.7. The smallest absolute Gasteiger partial charge is 0.253 e. The van der Waals surface area contributed by atoms with Crippen LogP contribution in [0.15, 0.2) is 42.5 Å². The monoisotopic (exact) mass is 367 g/mol. The summed E-state index contributed by atoms with van der Waals surface area (Å²) in [6.07, 6.45) is 1.78. The molecule has 27 heavy (non-hydrogen) atoms. The number of carbonyl (C=O) groups is 1. The van der Waals surface area contributed by atoms with Gasteiger partial charge in [-0.3, -0.25) is 4.79 Å². The van der Waals surface area contributed by atoms with Gasteiger partial charge in [-0.1, -0.05) is 12.1 Å². The van der Waals surface area contributed by atoms with Crippen molar-refractivity contribution in [3.05, 3.63) is 48.0 Å². The number of aliphatic hydroxyl groups is 1. The third-order valence-electron chi connectivity index (χ3n) is 5.87. The van der Waals surface area contributed by atoms with E-state index in [-0.39, 0.29) is 23.8 Å². The molecule has 1 aliphatic heterocycles. The summed E-state index contributed by atoms with van der Waals surface area (Å²) in [5, 5.41) is 10.2. The lowest BCUT2D eigenvalue weighted by Gasteiger charge is -2.35. The molecule has 1 aliphatic carbocycles. The van der Waals surface area contributed by atoms with Gasteiger partial charge >= 0.3 is 0 Å². The number of hydrogen-bond donors (Lipinski definition) is 1. The Hall–Kier alpha value is -2.53. The minimum absolute atomic E-state index is 0.0375. The van der Waals surface area contributed by atoms with E-state index in [0.29, 0.717) is 30.2 Å². The Kier molecular flexibility index (Phi) is 4.79. The van der Waals surface area contributed by atoms with Crippen LogP contribution in [0.2, 0.25) is 0 Å². The van der Waals surface area contributed by atoms with Crippen LogP contribution in [0, 0.1) is 11.8 Å². The summed E-state index contributed by atoms with van der Waals surface area (Å²) < 4.78 is 10.7. The highest BCUT2D eigenvalue weighted by molar-refractivity contribution is 5.95. The van der Waals surface area contributed by atoms with Gasteiger partial charge in [-0.25, -0.2) is 0 Å². The fraction of sp³-hybridized carbons (Fsp3) is 0.409.